The van der Waals surface area contributed by atoms with Crippen molar-refractivity contribution < 1.29 is 0 Å². The first-order valence-electron chi connectivity index (χ1n) is 7.74. The Morgan fingerprint density at radius 2 is 2.32 bits per heavy atom. The summed E-state index contributed by atoms with van der Waals surface area (Å²) in [5.74, 6) is 0.780. The molecule has 1 N–H and O–H groups in total. The van der Waals surface area contributed by atoms with E-state index in [-0.39, 0.29) is 0 Å². The van der Waals surface area contributed by atoms with Gasteiger partial charge in [0.1, 0.15) is 0 Å². The highest BCUT2D eigenvalue weighted by atomic mass is 32.1. The van der Waals surface area contributed by atoms with Crippen LogP contribution in [0.25, 0.3) is 0 Å². The predicted octanol–water partition coefficient (Wildman–Crippen LogP) is 3.39. The van der Waals surface area contributed by atoms with Gasteiger partial charge in [-0.3, -0.25) is 4.90 Å². The second-order valence-corrected chi connectivity index (χ2v) is 6.82. The fraction of sp³-hybridized carbons (Fsp3) is 0.750. The first kappa shape index (κ1) is 15.0. The summed E-state index contributed by atoms with van der Waals surface area (Å²) in [6, 6.07) is 5.83. The molecule has 0 spiro atoms. The van der Waals surface area contributed by atoms with E-state index in [2.05, 4.69) is 48.5 Å². The molecule has 0 radical (unpaired) electrons. The van der Waals surface area contributed by atoms with E-state index in [0.717, 1.165) is 18.5 Å². The molecule has 0 amide bonds. The number of piperazine rings is 1. The zero-order valence-electron chi connectivity index (χ0n) is 12.6. The number of thiophene rings is 1. The van der Waals surface area contributed by atoms with Gasteiger partial charge in [-0.15, -0.1) is 11.3 Å². The summed E-state index contributed by atoms with van der Waals surface area (Å²) >= 11 is 1.89. The number of hydrogen-bond donors (Lipinski definition) is 1. The Labute approximate surface area is 122 Å². The third-order valence-corrected chi connectivity index (χ3v) is 5.53. The molecule has 1 aromatic rings. The van der Waals surface area contributed by atoms with Crippen LogP contribution in [-0.4, -0.2) is 36.6 Å². The zero-order valence-corrected chi connectivity index (χ0v) is 13.4. The van der Waals surface area contributed by atoms with Crippen LogP contribution in [-0.2, 0) is 6.42 Å². The van der Waals surface area contributed by atoms with Crippen molar-refractivity contribution in [2.24, 2.45) is 5.92 Å². The fourth-order valence-electron chi connectivity index (χ4n) is 2.93. The molecule has 1 aliphatic heterocycles. The molecule has 3 heteroatoms. The summed E-state index contributed by atoms with van der Waals surface area (Å²) < 4.78 is 0. The Balaban J connectivity index is 1.90. The quantitative estimate of drug-likeness (QED) is 0.859. The molecule has 2 rings (SSSR count). The molecule has 2 nitrogen and oxygen atoms in total. The summed E-state index contributed by atoms with van der Waals surface area (Å²) in [5, 5.41) is 5.94. The van der Waals surface area contributed by atoms with Gasteiger partial charge in [-0.2, -0.15) is 0 Å². The van der Waals surface area contributed by atoms with Crippen LogP contribution >= 0.6 is 11.3 Å². The monoisotopic (exact) mass is 280 g/mol. The summed E-state index contributed by atoms with van der Waals surface area (Å²) in [4.78, 5) is 4.24. The average molecular weight is 280 g/mol. The Hall–Kier alpha value is -0.380. The van der Waals surface area contributed by atoms with Crippen molar-refractivity contribution in [2.75, 3.05) is 19.6 Å². The van der Waals surface area contributed by atoms with Crippen LogP contribution in [0.15, 0.2) is 17.5 Å². The number of nitrogens with zero attached hydrogens (tertiary/aromatic N) is 1. The molecular formula is C16H28N2S. The van der Waals surface area contributed by atoms with Crippen LogP contribution in [0.5, 0.6) is 0 Å². The predicted molar refractivity (Wildman–Crippen MR) is 84.9 cm³/mol. The van der Waals surface area contributed by atoms with E-state index in [1.54, 1.807) is 0 Å². The Morgan fingerprint density at radius 3 is 2.95 bits per heavy atom. The lowest BCUT2D eigenvalue weighted by Gasteiger charge is -2.42. The van der Waals surface area contributed by atoms with Crippen LogP contribution in [0, 0.1) is 5.92 Å². The molecule has 0 saturated carbocycles. The van der Waals surface area contributed by atoms with Crippen LogP contribution in [0.3, 0.4) is 0 Å². The highest BCUT2D eigenvalue weighted by molar-refractivity contribution is 7.09. The summed E-state index contributed by atoms with van der Waals surface area (Å²) in [6.07, 6.45) is 3.74. The Morgan fingerprint density at radius 1 is 1.47 bits per heavy atom. The number of hydrogen-bond acceptors (Lipinski definition) is 3. The lowest BCUT2D eigenvalue weighted by atomic mass is 9.94. The van der Waals surface area contributed by atoms with E-state index in [4.69, 9.17) is 0 Å². The molecule has 2 heterocycles. The standard InChI is InChI=1S/C16H28N2S/c1-4-13(3)16-12-18(14(5-2)11-17-16)9-8-15-7-6-10-19-15/h6-7,10,13-14,16-17H,4-5,8-9,11-12H2,1-3H3. The topological polar surface area (TPSA) is 15.3 Å². The third-order valence-electron chi connectivity index (χ3n) is 4.59. The van der Waals surface area contributed by atoms with Crippen LogP contribution in [0.2, 0.25) is 0 Å². The average Bonchev–Trinajstić information content (AvgIpc) is 2.97. The van der Waals surface area contributed by atoms with Crippen molar-refractivity contribution in [3.63, 3.8) is 0 Å². The second kappa shape index (κ2) is 7.41. The van der Waals surface area contributed by atoms with Crippen molar-refractivity contribution in [3.8, 4) is 0 Å². The van der Waals surface area contributed by atoms with E-state index in [1.807, 2.05) is 11.3 Å². The maximum Gasteiger partial charge on any atom is 0.0221 e. The van der Waals surface area contributed by atoms with E-state index in [1.165, 1.54) is 37.2 Å². The van der Waals surface area contributed by atoms with Gasteiger partial charge >= 0.3 is 0 Å². The number of rotatable bonds is 6. The molecule has 1 saturated heterocycles. The van der Waals surface area contributed by atoms with Gasteiger partial charge in [0.15, 0.2) is 0 Å². The minimum atomic E-state index is 0.677. The fourth-order valence-corrected chi connectivity index (χ4v) is 3.63. The molecule has 0 aromatic carbocycles. The smallest absolute Gasteiger partial charge is 0.0221 e. The summed E-state index contributed by atoms with van der Waals surface area (Å²) in [6.45, 7) is 10.6. The van der Waals surface area contributed by atoms with Gasteiger partial charge in [-0.05, 0) is 30.2 Å². The first-order chi connectivity index (χ1) is 9.24. The summed E-state index contributed by atoms with van der Waals surface area (Å²) in [7, 11) is 0. The first-order valence-corrected chi connectivity index (χ1v) is 8.62. The van der Waals surface area contributed by atoms with E-state index in [9.17, 15) is 0 Å². The largest absolute Gasteiger partial charge is 0.311 e. The van der Waals surface area contributed by atoms with Gasteiger partial charge in [-0.25, -0.2) is 0 Å². The SMILES string of the molecule is CCC(C)C1CN(CCc2cccs2)C(CC)CN1. The van der Waals surface area contributed by atoms with Gasteiger partial charge in [0.2, 0.25) is 0 Å². The molecule has 1 aliphatic rings. The van der Waals surface area contributed by atoms with Gasteiger partial charge in [0.05, 0.1) is 0 Å². The van der Waals surface area contributed by atoms with Gasteiger partial charge in [0.25, 0.3) is 0 Å². The van der Waals surface area contributed by atoms with E-state index < -0.39 is 0 Å². The molecule has 1 aromatic heterocycles. The highest BCUT2D eigenvalue weighted by Gasteiger charge is 2.28. The van der Waals surface area contributed by atoms with E-state index in [0.29, 0.717) is 6.04 Å². The maximum atomic E-state index is 3.75. The Bertz CT molecular complexity index is 350. The summed E-state index contributed by atoms with van der Waals surface area (Å²) in [5.41, 5.74) is 0. The van der Waals surface area contributed by atoms with Crippen molar-refractivity contribution in [2.45, 2.75) is 52.1 Å². The third kappa shape index (κ3) is 4.04. The van der Waals surface area contributed by atoms with Crippen molar-refractivity contribution >= 4 is 11.3 Å². The van der Waals surface area contributed by atoms with E-state index >= 15 is 0 Å². The van der Waals surface area contributed by atoms with Crippen LogP contribution in [0.4, 0.5) is 0 Å². The normalized spacial score (nSPS) is 26.5. The molecule has 3 atom stereocenters. The number of nitrogens with one attached hydrogen (secondary N) is 1. The van der Waals surface area contributed by atoms with Gasteiger partial charge < -0.3 is 5.32 Å². The van der Waals surface area contributed by atoms with Crippen molar-refractivity contribution in [1.29, 1.82) is 0 Å². The molecule has 0 aliphatic carbocycles. The molecule has 19 heavy (non-hydrogen) atoms. The zero-order chi connectivity index (χ0) is 13.7. The second-order valence-electron chi connectivity index (χ2n) is 5.79. The minimum absolute atomic E-state index is 0.677. The van der Waals surface area contributed by atoms with Gasteiger partial charge in [-0.1, -0.05) is 33.3 Å². The maximum absolute atomic E-state index is 3.75. The Kier molecular flexibility index (Phi) is 5.86. The highest BCUT2D eigenvalue weighted by Crippen LogP contribution is 2.18. The molecular weight excluding hydrogens is 252 g/mol. The molecule has 108 valence electrons. The lowest BCUT2D eigenvalue weighted by molar-refractivity contribution is 0.108. The molecule has 1 fully saturated rings. The molecule has 0 bridgehead atoms. The minimum Gasteiger partial charge on any atom is -0.311 e. The van der Waals surface area contributed by atoms with Crippen LogP contribution in [0.1, 0.15) is 38.5 Å². The van der Waals surface area contributed by atoms with Crippen molar-refractivity contribution in [3.05, 3.63) is 22.4 Å². The molecule has 3 unspecified atom stereocenters. The lowest BCUT2D eigenvalue weighted by Crippen LogP contribution is -2.58. The van der Waals surface area contributed by atoms with Crippen molar-refractivity contribution in [1.82, 2.24) is 10.2 Å². The van der Waals surface area contributed by atoms with Crippen LogP contribution < -0.4 is 5.32 Å². The van der Waals surface area contributed by atoms with Gasteiger partial charge in [0, 0.05) is 36.6 Å².